The van der Waals surface area contributed by atoms with Crippen LogP contribution in [-0.2, 0) is 0 Å². The Labute approximate surface area is 144 Å². The summed E-state index contributed by atoms with van der Waals surface area (Å²) in [7, 11) is 0. The van der Waals surface area contributed by atoms with Crippen LogP contribution in [0.2, 0.25) is 0 Å². The highest BCUT2D eigenvalue weighted by molar-refractivity contribution is 8.00. The van der Waals surface area contributed by atoms with Gasteiger partial charge in [0, 0.05) is 28.4 Å². The average molecular weight is 345 g/mol. The van der Waals surface area contributed by atoms with E-state index in [0.717, 1.165) is 32.2 Å². The van der Waals surface area contributed by atoms with Crippen molar-refractivity contribution >= 4 is 39.1 Å². The van der Waals surface area contributed by atoms with Gasteiger partial charge in [-0.05, 0) is 45.2 Å². The topological polar surface area (TPSA) is 47.8 Å². The molecule has 4 nitrogen and oxygen atoms in total. The number of thiophene rings is 1. The summed E-state index contributed by atoms with van der Waals surface area (Å²) in [6.45, 7) is 8.34. The molecule has 0 aliphatic rings. The lowest BCUT2D eigenvalue weighted by molar-refractivity contribution is 0.102. The molecule has 0 unspecified atom stereocenters. The van der Waals surface area contributed by atoms with Crippen molar-refractivity contribution < 1.29 is 4.79 Å². The molecule has 0 radical (unpaired) electrons. The minimum atomic E-state index is 0.150. The summed E-state index contributed by atoms with van der Waals surface area (Å²) in [5.41, 5.74) is 3.00. The van der Waals surface area contributed by atoms with Crippen molar-refractivity contribution in [3.8, 4) is 0 Å². The van der Waals surface area contributed by atoms with E-state index in [-0.39, 0.29) is 5.78 Å². The molecule has 0 N–H and O–H groups in total. The number of carbonyl (C=O) groups is 1. The number of hydrogen-bond acceptors (Lipinski definition) is 5. The Morgan fingerprint density at radius 1 is 1.35 bits per heavy atom. The number of ketones is 1. The first-order valence-electron chi connectivity index (χ1n) is 7.51. The van der Waals surface area contributed by atoms with Crippen LogP contribution in [-0.4, -0.2) is 26.1 Å². The van der Waals surface area contributed by atoms with E-state index in [1.54, 1.807) is 17.7 Å². The van der Waals surface area contributed by atoms with Crippen molar-refractivity contribution in [3.63, 3.8) is 0 Å². The maximum Gasteiger partial charge on any atom is 0.174 e. The quantitative estimate of drug-likeness (QED) is 0.383. The molecule has 3 rings (SSSR count). The van der Waals surface area contributed by atoms with Crippen molar-refractivity contribution in [1.82, 2.24) is 14.5 Å². The van der Waals surface area contributed by atoms with Gasteiger partial charge in [0.1, 0.15) is 16.2 Å². The second kappa shape index (κ2) is 6.45. The molecule has 23 heavy (non-hydrogen) atoms. The number of nitrogens with zero attached hydrogens (tertiary/aromatic N) is 3. The van der Waals surface area contributed by atoms with Crippen molar-refractivity contribution in [3.05, 3.63) is 40.8 Å². The first-order valence-corrected chi connectivity index (χ1v) is 9.38. The fraction of sp³-hybridized carbons (Fsp3) is 0.353. The first kappa shape index (κ1) is 16.2. The largest absolute Gasteiger partial charge is 0.346 e. The van der Waals surface area contributed by atoms with Crippen LogP contribution in [0.4, 0.5) is 0 Å². The van der Waals surface area contributed by atoms with Gasteiger partial charge in [0.15, 0.2) is 5.78 Å². The summed E-state index contributed by atoms with van der Waals surface area (Å²) in [4.78, 5) is 22.2. The third-order valence-corrected chi connectivity index (χ3v) is 5.69. The summed E-state index contributed by atoms with van der Waals surface area (Å²) in [6.07, 6.45) is 1.57. The monoisotopic (exact) mass is 345 g/mol. The summed E-state index contributed by atoms with van der Waals surface area (Å²) < 4.78 is 2.21. The molecule has 0 aliphatic heterocycles. The second-order valence-corrected chi connectivity index (χ2v) is 7.64. The number of hydrogen-bond donors (Lipinski definition) is 0. The highest BCUT2D eigenvalue weighted by atomic mass is 32.2. The normalized spacial score (nSPS) is 11.5. The van der Waals surface area contributed by atoms with Gasteiger partial charge in [-0.1, -0.05) is 11.8 Å². The molecule has 0 bridgehead atoms. The Morgan fingerprint density at radius 3 is 2.83 bits per heavy atom. The number of rotatable bonds is 5. The van der Waals surface area contributed by atoms with E-state index in [2.05, 4.69) is 35.3 Å². The maximum absolute atomic E-state index is 12.6. The molecule has 0 fully saturated rings. The molecule has 0 atom stereocenters. The van der Waals surface area contributed by atoms with Gasteiger partial charge in [0.25, 0.3) is 0 Å². The molecule has 0 aliphatic carbocycles. The van der Waals surface area contributed by atoms with Gasteiger partial charge in [0.2, 0.25) is 0 Å². The van der Waals surface area contributed by atoms with Gasteiger partial charge in [0.05, 0.1) is 5.75 Å². The lowest BCUT2D eigenvalue weighted by atomic mass is 10.2. The van der Waals surface area contributed by atoms with Gasteiger partial charge < -0.3 is 4.57 Å². The van der Waals surface area contributed by atoms with Crippen LogP contribution in [0, 0.1) is 13.8 Å². The van der Waals surface area contributed by atoms with E-state index >= 15 is 0 Å². The zero-order valence-corrected chi connectivity index (χ0v) is 15.3. The van der Waals surface area contributed by atoms with E-state index < -0.39 is 0 Å². The van der Waals surface area contributed by atoms with Crippen LogP contribution < -0.4 is 0 Å². The molecule has 0 aromatic carbocycles. The fourth-order valence-electron chi connectivity index (χ4n) is 2.95. The summed E-state index contributed by atoms with van der Waals surface area (Å²) in [5, 5.41) is 3.91. The predicted octanol–water partition coefficient (Wildman–Crippen LogP) is 4.67. The lowest BCUT2D eigenvalue weighted by Crippen LogP contribution is -2.08. The third-order valence-electron chi connectivity index (χ3n) is 3.87. The molecule has 0 saturated carbocycles. The van der Waals surface area contributed by atoms with Gasteiger partial charge in [-0.2, -0.15) is 0 Å². The van der Waals surface area contributed by atoms with Crippen molar-refractivity contribution in [2.75, 3.05) is 5.75 Å². The minimum Gasteiger partial charge on any atom is -0.346 e. The zero-order chi connectivity index (χ0) is 16.6. The van der Waals surface area contributed by atoms with E-state index in [0.29, 0.717) is 11.8 Å². The Morgan fingerprint density at radius 2 is 2.13 bits per heavy atom. The summed E-state index contributed by atoms with van der Waals surface area (Å²) >= 11 is 3.08. The molecule has 0 spiro atoms. The molecule has 3 aromatic rings. The van der Waals surface area contributed by atoms with E-state index in [1.807, 2.05) is 24.4 Å². The van der Waals surface area contributed by atoms with Crippen LogP contribution >= 0.6 is 23.1 Å². The van der Waals surface area contributed by atoms with Gasteiger partial charge >= 0.3 is 0 Å². The lowest BCUT2D eigenvalue weighted by Gasteiger charge is -2.13. The first-order chi connectivity index (χ1) is 11.0. The molecule has 3 aromatic heterocycles. The van der Waals surface area contributed by atoms with Gasteiger partial charge in [-0.15, -0.1) is 11.3 Å². The van der Waals surface area contributed by atoms with E-state index in [9.17, 15) is 4.79 Å². The smallest absolute Gasteiger partial charge is 0.174 e. The highest BCUT2D eigenvalue weighted by Crippen LogP contribution is 2.29. The van der Waals surface area contributed by atoms with Crippen LogP contribution in [0.25, 0.3) is 10.2 Å². The molecule has 6 heteroatoms. The summed E-state index contributed by atoms with van der Waals surface area (Å²) in [5.74, 6) is 0.543. The van der Waals surface area contributed by atoms with Crippen molar-refractivity contribution in [2.45, 2.75) is 38.8 Å². The molecule has 0 saturated heterocycles. The highest BCUT2D eigenvalue weighted by Gasteiger charge is 2.18. The number of fused-ring (bicyclic) bond motifs is 1. The number of aromatic nitrogens is 3. The van der Waals surface area contributed by atoms with Crippen molar-refractivity contribution in [1.29, 1.82) is 0 Å². The van der Waals surface area contributed by atoms with Crippen LogP contribution in [0.5, 0.6) is 0 Å². The fourth-order valence-corrected chi connectivity index (χ4v) is 4.61. The predicted molar refractivity (Wildman–Crippen MR) is 96.8 cm³/mol. The number of thioether (sulfide) groups is 1. The second-order valence-electron chi connectivity index (χ2n) is 5.78. The number of aryl methyl sites for hydroxylation is 1. The zero-order valence-electron chi connectivity index (χ0n) is 13.7. The van der Waals surface area contributed by atoms with E-state index in [1.165, 1.54) is 11.8 Å². The molecule has 3 heterocycles. The Balaban J connectivity index is 1.80. The minimum absolute atomic E-state index is 0.150. The SMILES string of the molecule is Cc1cc(C(=O)CSc2ncnc3sccc23)c(C)n1C(C)C. The molecular weight excluding hydrogens is 326 g/mol. The van der Waals surface area contributed by atoms with Gasteiger partial charge in [-0.3, -0.25) is 4.79 Å². The maximum atomic E-state index is 12.6. The Hall–Kier alpha value is -1.66. The Bertz CT molecular complexity index is 864. The molecular formula is C17H19N3OS2. The van der Waals surface area contributed by atoms with Crippen LogP contribution in [0.3, 0.4) is 0 Å². The average Bonchev–Trinajstić information content (AvgIpc) is 3.09. The van der Waals surface area contributed by atoms with E-state index in [4.69, 9.17) is 0 Å². The van der Waals surface area contributed by atoms with Crippen LogP contribution in [0.15, 0.2) is 28.9 Å². The summed E-state index contributed by atoms with van der Waals surface area (Å²) in [6, 6.07) is 4.37. The number of Topliss-reactive ketones (excluding diaryl/α,β-unsaturated/α-hetero) is 1. The Kier molecular flexibility index (Phi) is 4.55. The van der Waals surface area contributed by atoms with Crippen molar-refractivity contribution in [2.24, 2.45) is 0 Å². The van der Waals surface area contributed by atoms with Gasteiger partial charge in [-0.25, -0.2) is 9.97 Å². The van der Waals surface area contributed by atoms with Crippen LogP contribution in [0.1, 0.15) is 41.6 Å². The number of carbonyl (C=O) groups excluding carboxylic acids is 1. The molecule has 0 amide bonds. The molecule has 120 valence electrons. The standard InChI is InChI=1S/C17H19N3OS2/c1-10(2)20-11(3)7-14(12(20)4)15(21)8-23-17-13-5-6-22-16(13)18-9-19-17/h5-7,9-10H,8H2,1-4H3. The third kappa shape index (κ3) is 3.05.